The Labute approximate surface area is 122 Å². The minimum absolute atomic E-state index is 0.106. The van der Waals surface area contributed by atoms with E-state index < -0.39 is 0 Å². The zero-order valence-corrected chi connectivity index (χ0v) is 12.0. The van der Waals surface area contributed by atoms with Crippen molar-refractivity contribution in [3.63, 3.8) is 0 Å². The number of para-hydroxylation sites is 1. The van der Waals surface area contributed by atoms with E-state index in [2.05, 4.69) is 9.97 Å². The summed E-state index contributed by atoms with van der Waals surface area (Å²) in [7, 11) is 3.60. The molecule has 0 fully saturated rings. The fraction of sp³-hybridized carbons (Fsp3) is 0.188. The van der Waals surface area contributed by atoms with Crippen molar-refractivity contribution < 1.29 is 4.79 Å². The summed E-state index contributed by atoms with van der Waals surface area (Å²) in [5.74, 6) is -0.106. The molecule has 2 aromatic heterocycles. The molecule has 0 radical (unpaired) electrons. The summed E-state index contributed by atoms with van der Waals surface area (Å²) in [5, 5.41) is 1.10. The molecular weight excluding hydrogens is 264 g/mol. The van der Waals surface area contributed by atoms with Crippen LogP contribution in [-0.4, -0.2) is 32.4 Å². The van der Waals surface area contributed by atoms with Gasteiger partial charge in [0.25, 0.3) is 5.91 Å². The SMILES string of the molecule is CN(Cc1ccc2ccccc2n1)C(=O)c1cn(C)cn1. The molecule has 5 nitrogen and oxygen atoms in total. The molecule has 2 heterocycles. The third-order valence-corrected chi connectivity index (χ3v) is 3.33. The van der Waals surface area contributed by atoms with E-state index in [1.54, 1.807) is 29.0 Å². The van der Waals surface area contributed by atoms with E-state index in [0.29, 0.717) is 12.2 Å². The molecule has 1 amide bonds. The van der Waals surface area contributed by atoms with Gasteiger partial charge in [-0.15, -0.1) is 0 Å². The van der Waals surface area contributed by atoms with Crippen molar-refractivity contribution in [3.8, 4) is 0 Å². The number of amides is 1. The number of carbonyl (C=O) groups is 1. The summed E-state index contributed by atoms with van der Waals surface area (Å²) in [4.78, 5) is 22.5. The van der Waals surface area contributed by atoms with Crippen molar-refractivity contribution in [3.05, 3.63) is 60.3 Å². The van der Waals surface area contributed by atoms with E-state index in [-0.39, 0.29) is 5.91 Å². The Morgan fingerprint density at radius 2 is 2.05 bits per heavy atom. The standard InChI is InChI=1S/C16H16N4O/c1-19-10-15(17-11-19)16(21)20(2)9-13-8-7-12-5-3-4-6-14(12)18-13/h3-8,10-11H,9H2,1-2H3. The first-order chi connectivity index (χ1) is 10.1. The van der Waals surface area contributed by atoms with E-state index in [9.17, 15) is 4.79 Å². The smallest absolute Gasteiger partial charge is 0.274 e. The minimum atomic E-state index is -0.106. The van der Waals surface area contributed by atoms with Crippen molar-refractivity contribution >= 4 is 16.8 Å². The van der Waals surface area contributed by atoms with E-state index in [0.717, 1.165) is 16.6 Å². The number of aryl methyl sites for hydroxylation is 1. The van der Waals surface area contributed by atoms with Gasteiger partial charge >= 0.3 is 0 Å². The number of benzene rings is 1. The maximum absolute atomic E-state index is 12.2. The van der Waals surface area contributed by atoms with Crippen molar-refractivity contribution in [2.75, 3.05) is 7.05 Å². The fourth-order valence-corrected chi connectivity index (χ4v) is 2.23. The molecule has 0 saturated heterocycles. The highest BCUT2D eigenvalue weighted by atomic mass is 16.2. The molecule has 3 rings (SSSR count). The highest BCUT2D eigenvalue weighted by Crippen LogP contribution is 2.13. The number of nitrogens with zero attached hydrogens (tertiary/aromatic N) is 4. The molecule has 0 aliphatic carbocycles. The molecule has 5 heteroatoms. The summed E-state index contributed by atoms with van der Waals surface area (Å²) in [6.45, 7) is 0.459. The molecule has 106 valence electrons. The van der Waals surface area contributed by atoms with Crippen molar-refractivity contribution in [1.82, 2.24) is 19.4 Å². The average Bonchev–Trinajstić information content (AvgIpc) is 2.93. The maximum atomic E-state index is 12.2. The zero-order chi connectivity index (χ0) is 14.8. The highest BCUT2D eigenvalue weighted by Gasteiger charge is 2.15. The number of carbonyl (C=O) groups excluding carboxylic acids is 1. The highest BCUT2D eigenvalue weighted by molar-refractivity contribution is 5.91. The van der Waals surface area contributed by atoms with Crippen LogP contribution in [0.4, 0.5) is 0 Å². The molecule has 0 atom stereocenters. The van der Waals surface area contributed by atoms with Gasteiger partial charge in [0.05, 0.1) is 24.1 Å². The lowest BCUT2D eigenvalue weighted by Gasteiger charge is -2.15. The van der Waals surface area contributed by atoms with Crippen LogP contribution >= 0.6 is 0 Å². The first-order valence-electron chi connectivity index (χ1n) is 6.71. The molecule has 0 N–H and O–H groups in total. The van der Waals surface area contributed by atoms with Gasteiger partial charge in [-0.2, -0.15) is 0 Å². The number of aromatic nitrogens is 3. The third kappa shape index (κ3) is 2.76. The van der Waals surface area contributed by atoms with Crippen molar-refractivity contribution in [1.29, 1.82) is 0 Å². The second-order valence-electron chi connectivity index (χ2n) is 5.08. The van der Waals surface area contributed by atoms with E-state index in [1.165, 1.54) is 0 Å². The normalized spacial score (nSPS) is 10.8. The number of rotatable bonds is 3. The molecular formula is C16H16N4O. The van der Waals surface area contributed by atoms with Gasteiger partial charge < -0.3 is 9.47 Å². The lowest BCUT2D eigenvalue weighted by Crippen LogP contribution is -2.26. The van der Waals surface area contributed by atoms with Gasteiger partial charge in [-0.3, -0.25) is 9.78 Å². The summed E-state index contributed by atoms with van der Waals surface area (Å²) >= 11 is 0. The van der Waals surface area contributed by atoms with Crippen LogP contribution in [0.1, 0.15) is 16.2 Å². The predicted molar refractivity (Wildman–Crippen MR) is 80.7 cm³/mol. The summed E-state index contributed by atoms with van der Waals surface area (Å²) in [6.07, 6.45) is 3.34. The Morgan fingerprint density at radius 3 is 2.81 bits per heavy atom. The summed E-state index contributed by atoms with van der Waals surface area (Å²) in [5.41, 5.74) is 2.25. The lowest BCUT2D eigenvalue weighted by molar-refractivity contribution is 0.0778. The molecule has 21 heavy (non-hydrogen) atoms. The topological polar surface area (TPSA) is 51.0 Å². The van der Waals surface area contributed by atoms with Crippen LogP contribution in [0, 0.1) is 0 Å². The van der Waals surface area contributed by atoms with E-state index in [1.807, 2.05) is 43.4 Å². The Morgan fingerprint density at radius 1 is 1.24 bits per heavy atom. The molecule has 0 spiro atoms. The quantitative estimate of drug-likeness (QED) is 0.739. The van der Waals surface area contributed by atoms with Crippen molar-refractivity contribution in [2.24, 2.45) is 7.05 Å². The van der Waals surface area contributed by atoms with Gasteiger partial charge in [0.1, 0.15) is 5.69 Å². The van der Waals surface area contributed by atoms with Crippen LogP contribution in [0.2, 0.25) is 0 Å². The Kier molecular flexibility index (Phi) is 3.39. The van der Waals surface area contributed by atoms with E-state index >= 15 is 0 Å². The maximum Gasteiger partial charge on any atom is 0.274 e. The van der Waals surface area contributed by atoms with Crippen LogP contribution in [0.25, 0.3) is 10.9 Å². The molecule has 0 unspecified atom stereocenters. The zero-order valence-electron chi connectivity index (χ0n) is 12.0. The Balaban J connectivity index is 1.79. The van der Waals surface area contributed by atoms with Crippen LogP contribution in [-0.2, 0) is 13.6 Å². The van der Waals surface area contributed by atoms with Crippen LogP contribution in [0.3, 0.4) is 0 Å². The fourth-order valence-electron chi connectivity index (χ4n) is 2.23. The van der Waals surface area contributed by atoms with Crippen LogP contribution in [0.15, 0.2) is 48.9 Å². The first kappa shape index (κ1) is 13.3. The van der Waals surface area contributed by atoms with E-state index in [4.69, 9.17) is 0 Å². The molecule has 0 bridgehead atoms. The predicted octanol–water partition coefficient (Wildman–Crippen LogP) is 2.24. The third-order valence-electron chi connectivity index (χ3n) is 3.33. The summed E-state index contributed by atoms with van der Waals surface area (Å²) in [6, 6.07) is 11.9. The molecule has 3 aromatic rings. The van der Waals surface area contributed by atoms with Gasteiger partial charge in [0, 0.05) is 25.7 Å². The Hall–Kier alpha value is -2.69. The number of hydrogen-bond donors (Lipinski definition) is 0. The molecule has 1 aromatic carbocycles. The lowest BCUT2D eigenvalue weighted by atomic mass is 10.2. The van der Waals surface area contributed by atoms with Gasteiger partial charge in [0.15, 0.2) is 0 Å². The van der Waals surface area contributed by atoms with Crippen LogP contribution in [0.5, 0.6) is 0 Å². The average molecular weight is 280 g/mol. The monoisotopic (exact) mass is 280 g/mol. The Bertz CT molecular complexity index is 794. The molecule has 0 saturated carbocycles. The summed E-state index contributed by atoms with van der Waals surface area (Å²) < 4.78 is 1.76. The van der Waals surface area contributed by atoms with Gasteiger partial charge in [0.2, 0.25) is 0 Å². The molecule has 0 aliphatic rings. The first-order valence-corrected chi connectivity index (χ1v) is 6.71. The second kappa shape index (κ2) is 5.36. The minimum Gasteiger partial charge on any atom is -0.340 e. The van der Waals surface area contributed by atoms with Crippen LogP contribution < -0.4 is 0 Å². The number of hydrogen-bond acceptors (Lipinski definition) is 3. The number of imidazole rings is 1. The van der Waals surface area contributed by atoms with Gasteiger partial charge in [-0.1, -0.05) is 24.3 Å². The van der Waals surface area contributed by atoms with Crippen molar-refractivity contribution in [2.45, 2.75) is 6.54 Å². The number of fused-ring (bicyclic) bond motifs is 1. The molecule has 0 aliphatic heterocycles. The number of pyridine rings is 1. The largest absolute Gasteiger partial charge is 0.340 e. The van der Waals surface area contributed by atoms with Gasteiger partial charge in [-0.25, -0.2) is 4.98 Å². The van der Waals surface area contributed by atoms with Gasteiger partial charge in [-0.05, 0) is 12.1 Å². The second-order valence-corrected chi connectivity index (χ2v) is 5.08.